The van der Waals surface area contributed by atoms with Crippen molar-refractivity contribution in [3.05, 3.63) is 5.89 Å². The lowest BCUT2D eigenvalue weighted by atomic mass is 9.77. The highest BCUT2D eigenvalue weighted by Crippen LogP contribution is 2.41. The van der Waals surface area contributed by atoms with E-state index in [4.69, 9.17) is 16.0 Å². The molecule has 1 saturated carbocycles. The monoisotopic (exact) mass is 227 g/mol. The van der Waals surface area contributed by atoms with E-state index < -0.39 is 0 Å². The number of aryl methyl sites for hydroxylation is 1. The molecule has 82 valence electrons. The number of rotatable bonds is 3. The van der Waals surface area contributed by atoms with Gasteiger partial charge in [-0.2, -0.15) is 0 Å². The topological polar surface area (TPSA) is 42.2 Å². The van der Waals surface area contributed by atoms with Crippen LogP contribution in [0.15, 0.2) is 4.42 Å². The maximum absolute atomic E-state index is 5.62. The predicted molar refractivity (Wildman–Crippen MR) is 57.1 cm³/mol. The van der Waals surface area contributed by atoms with Crippen LogP contribution in [0, 0.1) is 11.8 Å². The normalized spacial score (nSPS) is 29.0. The molecule has 2 fully saturated rings. The van der Waals surface area contributed by atoms with Crippen LogP contribution in [0.2, 0.25) is 0 Å². The SMILES string of the molecule is ClCCc1nnc(N2CC3CCC3C2)o1. The second kappa shape index (κ2) is 3.67. The number of fused-ring (bicyclic) bond motifs is 1. The Labute approximate surface area is 93.6 Å². The fourth-order valence-corrected chi connectivity index (χ4v) is 2.63. The molecule has 15 heavy (non-hydrogen) atoms. The van der Waals surface area contributed by atoms with Gasteiger partial charge in [-0.05, 0) is 24.7 Å². The highest BCUT2D eigenvalue weighted by Gasteiger charge is 2.40. The standard InChI is InChI=1S/C10H14ClN3O/c11-4-3-9-12-13-10(15-9)14-5-7-1-2-8(7)6-14/h7-8H,1-6H2. The third-order valence-corrected chi connectivity index (χ3v) is 3.71. The van der Waals surface area contributed by atoms with Gasteiger partial charge in [0.05, 0.1) is 0 Å². The summed E-state index contributed by atoms with van der Waals surface area (Å²) in [4.78, 5) is 2.22. The van der Waals surface area contributed by atoms with E-state index in [-0.39, 0.29) is 0 Å². The maximum atomic E-state index is 5.62. The van der Waals surface area contributed by atoms with Crippen LogP contribution in [-0.2, 0) is 6.42 Å². The number of anilines is 1. The first-order chi connectivity index (χ1) is 7.36. The molecule has 2 heterocycles. The van der Waals surface area contributed by atoms with E-state index in [1.54, 1.807) is 0 Å². The highest BCUT2D eigenvalue weighted by atomic mass is 35.5. The van der Waals surface area contributed by atoms with Crippen molar-refractivity contribution in [1.82, 2.24) is 10.2 Å². The molecule has 1 aromatic heterocycles. The van der Waals surface area contributed by atoms with E-state index in [2.05, 4.69) is 15.1 Å². The second-order valence-corrected chi connectivity index (χ2v) is 4.80. The molecule has 1 saturated heterocycles. The number of hydrogen-bond acceptors (Lipinski definition) is 4. The van der Waals surface area contributed by atoms with E-state index in [0.29, 0.717) is 24.2 Å². The van der Waals surface area contributed by atoms with Crippen LogP contribution in [0.4, 0.5) is 6.01 Å². The van der Waals surface area contributed by atoms with Crippen molar-refractivity contribution >= 4 is 17.6 Å². The van der Waals surface area contributed by atoms with Crippen molar-refractivity contribution in [3.63, 3.8) is 0 Å². The summed E-state index contributed by atoms with van der Waals surface area (Å²) in [5.74, 6) is 2.92. The van der Waals surface area contributed by atoms with Gasteiger partial charge in [0.2, 0.25) is 5.89 Å². The van der Waals surface area contributed by atoms with Gasteiger partial charge in [-0.15, -0.1) is 16.7 Å². The molecule has 0 amide bonds. The Morgan fingerprint density at radius 1 is 1.27 bits per heavy atom. The Hall–Kier alpha value is -0.770. The van der Waals surface area contributed by atoms with E-state index in [1.807, 2.05) is 0 Å². The van der Waals surface area contributed by atoms with Gasteiger partial charge < -0.3 is 9.32 Å². The Bertz CT molecular complexity index is 342. The molecule has 0 bridgehead atoms. The van der Waals surface area contributed by atoms with Gasteiger partial charge in [-0.25, -0.2) is 0 Å². The summed E-state index contributed by atoms with van der Waals surface area (Å²) in [6.45, 7) is 2.18. The summed E-state index contributed by atoms with van der Waals surface area (Å²) < 4.78 is 5.55. The summed E-state index contributed by atoms with van der Waals surface area (Å²) >= 11 is 5.62. The lowest BCUT2D eigenvalue weighted by Crippen LogP contribution is -2.22. The molecule has 2 unspecified atom stereocenters. The molecule has 5 heteroatoms. The first-order valence-corrected chi connectivity index (χ1v) is 6.03. The Balaban J connectivity index is 1.70. The summed E-state index contributed by atoms with van der Waals surface area (Å²) in [5.41, 5.74) is 0. The smallest absolute Gasteiger partial charge is 0.318 e. The van der Waals surface area contributed by atoms with Gasteiger partial charge in [0.25, 0.3) is 0 Å². The summed E-state index contributed by atoms with van der Waals surface area (Å²) in [7, 11) is 0. The average molecular weight is 228 g/mol. The summed E-state index contributed by atoms with van der Waals surface area (Å²) in [6, 6.07) is 0.685. The first kappa shape index (κ1) is 9.46. The van der Waals surface area contributed by atoms with Gasteiger partial charge >= 0.3 is 6.01 Å². The zero-order valence-electron chi connectivity index (χ0n) is 8.53. The van der Waals surface area contributed by atoms with Gasteiger partial charge in [0.1, 0.15) is 0 Å². The van der Waals surface area contributed by atoms with Gasteiger partial charge in [-0.1, -0.05) is 5.10 Å². The third-order valence-electron chi connectivity index (χ3n) is 3.52. The number of aromatic nitrogens is 2. The van der Waals surface area contributed by atoms with Gasteiger partial charge in [0, 0.05) is 25.4 Å². The number of alkyl halides is 1. The molecule has 0 radical (unpaired) electrons. The summed E-state index contributed by atoms with van der Waals surface area (Å²) in [5, 5.41) is 8.04. The molecule has 0 spiro atoms. The third kappa shape index (κ3) is 1.61. The molecule has 2 aliphatic rings. The van der Waals surface area contributed by atoms with E-state index >= 15 is 0 Å². The molecular weight excluding hydrogens is 214 g/mol. The molecule has 0 aromatic carbocycles. The minimum Gasteiger partial charge on any atom is -0.408 e. The van der Waals surface area contributed by atoms with Crippen LogP contribution in [0.3, 0.4) is 0 Å². The Morgan fingerprint density at radius 3 is 2.60 bits per heavy atom. The Morgan fingerprint density at radius 2 is 2.00 bits per heavy atom. The van der Waals surface area contributed by atoms with Crippen molar-refractivity contribution in [1.29, 1.82) is 0 Å². The van der Waals surface area contributed by atoms with Crippen LogP contribution in [0.1, 0.15) is 18.7 Å². The number of nitrogens with zero attached hydrogens (tertiary/aromatic N) is 3. The minimum atomic E-state index is 0.535. The van der Waals surface area contributed by atoms with Crippen LogP contribution < -0.4 is 4.90 Å². The van der Waals surface area contributed by atoms with E-state index in [9.17, 15) is 0 Å². The molecule has 0 N–H and O–H groups in total. The molecule has 1 aromatic rings. The zero-order chi connectivity index (χ0) is 10.3. The van der Waals surface area contributed by atoms with Crippen molar-refractivity contribution in [3.8, 4) is 0 Å². The molecule has 3 rings (SSSR count). The molecular formula is C10H14ClN3O. The quantitative estimate of drug-likeness (QED) is 0.738. The van der Waals surface area contributed by atoms with Gasteiger partial charge in [0.15, 0.2) is 0 Å². The average Bonchev–Trinajstić information content (AvgIpc) is 2.74. The van der Waals surface area contributed by atoms with Crippen LogP contribution in [0.5, 0.6) is 0 Å². The Kier molecular flexibility index (Phi) is 2.31. The highest BCUT2D eigenvalue weighted by molar-refractivity contribution is 6.17. The minimum absolute atomic E-state index is 0.535. The lowest BCUT2D eigenvalue weighted by Gasteiger charge is -2.27. The number of halogens is 1. The van der Waals surface area contributed by atoms with E-state index in [1.165, 1.54) is 12.8 Å². The van der Waals surface area contributed by atoms with Crippen LogP contribution >= 0.6 is 11.6 Å². The fourth-order valence-electron chi connectivity index (χ4n) is 2.47. The number of hydrogen-bond donors (Lipinski definition) is 0. The second-order valence-electron chi connectivity index (χ2n) is 4.42. The molecule has 1 aliphatic carbocycles. The molecule has 1 aliphatic heterocycles. The summed E-state index contributed by atoms with van der Waals surface area (Å²) in [6.07, 6.45) is 3.39. The van der Waals surface area contributed by atoms with Gasteiger partial charge in [-0.3, -0.25) is 0 Å². The predicted octanol–water partition coefficient (Wildman–Crippen LogP) is 1.70. The van der Waals surface area contributed by atoms with Crippen molar-refractivity contribution in [2.45, 2.75) is 19.3 Å². The molecule has 4 nitrogen and oxygen atoms in total. The van der Waals surface area contributed by atoms with Crippen molar-refractivity contribution in [2.75, 3.05) is 23.9 Å². The maximum Gasteiger partial charge on any atom is 0.318 e. The fraction of sp³-hybridized carbons (Fsp3) is 0.800. The van der Waals surface area contributed by atoms with E-state index in [0.717, 1.165) is 24.9 Å². The largest absolute Gasteiger partial charge is 0.408 e. The molecule has 2 atom stereocenters. The zero-order valence-corrected chi connectivity index (χ0v) is 9.28. The van der Waals surface area contributed by atoms with Crippen molar-refractivity contribution < 1.29 is 4.42 Å². The van der Waals surface area contributed by atoms with Crippen LogP contribution in [0.25, 0.3) is 0 Å². The first-order valence-electron chi connectivity index (χ1n) is 5.50. The van der Waals surface area contributed by atoms with Crippen LogP contribution in [-0.4, -0.2) is 29.2 Å². The van der Waals surface area contributed by atoms with Crippen molar-refractivity contribution in [2.24, 2.45) is 11.8 Å². The lowest BCUT2D eigenvalue weighted by molar-refractivity contribution is 0.243.